The second-order valence-corrected chi connectivity index (χ2v) is 4.32. The molecule has 0 fully saturated rings. The molecule has 3 heteroatoms. The van der Waals surface area contributed by atoms with Crippen LogP contribution >= 0.6 is 11.3 Å². The van der Waals surface area contributed by atoms with Crippen molar-refractivity contribution in [3.8, 4) is 0 Å². The van der Waals surface area contributed by atoms with Gasteiger partial charge in [-0.3, -0.25) is 0 Å². The lowest BCUT2D eigenvalue weighted by atomic mass is 10.2. The van der Waals surface area contributed by atoms with Gasteiger partial charge in [-0.1, -0.05) is 11.6 Å². The van der Waals surface area contributed by atoms with Crippen molar-refractivity contribution in [3.63, 3.8) is 0 Å². The molecular weight excluding hydrogens is 168 g/mol. The van der Waals surface area contributed by atoms with Gasteiger partial charge in [-0.25, -0.2) is 4.98 Å². The first kappa shape index (κ1) is 9.42. The quantitative estimate of drug-likeness (QED) is 0.713. The van der Waals surface area contributed by atoms with E-state index in [9.17, 15) is 0 Å². The van der Waals surface area contributed by atoms with Crippen LogP contribution in [-0.4, -0.2) is 4.98 Å². The van der Waals surface area contributed by atoms with Crippen LogP contribution in [0.4, 0.5) is 0 Å². The van der Waals surface area contributed by atoms with E-state index in [0.717, 1.165) is 9.88 Å². The molecule has 0 amide bonds. The zero-order chi connectivity index (χ0) is 9.14. The summed E-state index contributed by atoms with van der Waals surface area (Å²) in [6, 6.07) is 0.0150. The lowest BCUT2D eigenvalue weighted by molar-refractivity contribution is 0.918. The largest absolute Gasteiger partial charge is 0.320 e. The minimum Gasteiger partial charge on any atom is -0.320 e. The highest BCUT2D eigenvalue weighted by atomic mass is 32.1. The maximum atomic E-state index is 5.90. The Morgan fingerprint density at radius 2 is 2.33 bits per heavy atom. The third-order valence-corrected chi connectivity index (χ3v) is 2.49. The molecule has 2 N–H and O–H groups in total. The van der Waals surface area contributed by atoms with Gasteiger partial charge in [0.1, 0.15) is 0 Å². The maximum Gasteiger partial charge on any atom is 0.0897 e. The normalized spacial score (nSPS) is 12.7. The molecular formula is C9H14N2S. The van der Waals surface area contributed by atoms with Gasteiger partial charge in [0.25, 0.3) is 0 Å². The minimum atomic E-state index is 0.0150. The standard InChI is InChI=1S/C9H14N2S/c1-6(2)4-8(10)9-5-11-7(3)12-9/h4-5,8H,10H2,1-3H3. The molecule has 1 atom stereocenters. The lowest BCUT2D eigenvalue weighted by Gasteiger charge is -2.02. The van der Waals surface area contributed by atoms with E-state index in [1.807, 2.05) is 33.0 Å². The molecule has 2 nitrogen and oxygen atoms in total. The molecule has 0 radical (unpaired) electrons. The number of nitrogens with zero attached hydrogens (tertiary/aromatic N) is 1. The Bertz CT molecular complexity index is 284. The fourth-order valence-electron chi connectivity index (χ4n) is 0.973. The van der Waals surface area contributed by atoms with Crippen molar-refractivity contribution in [2.24, 2.45) is 5.73 Å². The predicted octanol–water partition coefficient (Wildman–Crippen LogP) is 2.42. The van der Waals surface area contributed by atoms with Crippen molar-refractivity contribution in [1.29, 1.82) is 0 Å². The summed E-state index contributed by atoms with van der Waals surface area (Å²) in [5.74, 6) is 0. The van der Waals surface area contributed by atoms with Gasteiger partial charge in [-0.05, 0) is 20.8 Å². The highest BCUT2D eigenvalue weighted by Crippen LogP contribution is 2.20. The summed E-state index contributed by atoms with van der Waals surface area (Å²) in [7, 11) is 0. The van der Waals surface area contributed by atoms with Crippen LogP contribution in [0.3, 0.4) is 0 Å². The Kier molecular flexibility index (Phi) is 3.00. The summed E-state index contributed by atoms with van der Waals surface area (Å²) in [6.07, 6.45) is 3.90. The fraction of sp³-hybridized carbons (Fsp3) is 0.444. The molecule has 12 heavy (non-hydrogen) atoms. The van der Waals surface area contributed by atoms with Gasteiger partial charge in [0.05, 0.1) is 11.0 Å². The maximum absolute atomic E-state index is 5.90. The van der Waals surface area contributed by atoms with Crippen molar-refractivity contribution in [3.05, 3.63) is 27.7 Å². The topological polar surface area (TPSA) is 38.9 Å². The van der Waals surface area contributed by atoms with Gasteiger partial charge in [0, 0.05) is 11.1 Å². The predicted molar refractivity (Wildman–Crippen MR) is 53.2 cm³/mol. The first-order chi connectivity index (χ1) is 5.59. The average Bonchev–Trinajstić information content (AvgIpc) is 2.34. The number of aromatic nitrogens is 1. The van der Waals surface area contributed by atoms with Crippen molar-refractivity contribution >= 4 is 11.3 Å². The molecule has 1 heterocycles. The molecule has 1 unspecified atom stereocenters. The zero-order valence-corrected chi connectivity index (χ0v) is 8.48. The molecule has 0 aliphatic heterocycles. The van der Waals surface area contributed by atoms with Crippen LogP contribution in [0.15, 0.2) is 17.8 Å². The third kappa shape index (κ3) is 2.43. The highest BCUT2D eigenvalue weighted by molar-refractivity contribution is 7.11. The van der Waals surface area contributed by atoms with Crippen molar-refractivity contribution in [2.75, 3.05) is 0 Å². The fourth-order valence-corrected chi connectivity index (χ4v) is 1.73. The van der Waals surface area contributed by atoms with Gasteiger partial charge in [0.2, 0.25) is 0 Å². The second-order valence-electron chi connectivity index (χ2n) is 3.05. The first-order valence-corrected chi connectivity index (χ1v) is 4.74. The monoisotopic (exact) mass is 182 g/mol. The lowest BCUT2D eigenvalue weighted by Crippen LogP contribution is -2.05. The summed E-state index contributed by atoms with van der Waals surface area (Å²) >= 11 is 1.66. The number of rotatable bonds is 2. The molecule has 0 saturated carbocycles. The number of allylic oxidation sites excluding steroid dienone is 1. The van der Waals surface area contributed by atoms with E-state index in [1.165, 1.54) is 5.57 Å². The number of hydrogen-bond acceptors (Lipinski definition) is 3. The van der Waals surface area contributed by atoms with E-state index in [1.54, 1.807) is 11.3 Å². The van der Waals surface area contributed by atoms with Crippen molar-refractivity contribution in [2.45, 2.75) is 26.8 Å². The number of thiazole rings is 1. The molecule has 0 spiro atoms. The molecule has 0 bridgehead atoms. The van der Waals surface area contributed by atoms with E-state index in [-0.39, 0.29) is 6.04 Å². The number of nitrogens with two attached hydrogens (primary N) is 1. The molecule has 1 rings (SSSR count). The van der Waals surface area contributed by atoms with E-state index in [4.69, 9.17) is 5.73 Å². The summed E-state index contributed by atoms with van der Waals surface area (Å²) < 4.78 is 0. The summed E-state index contributed by atoms with van der Waals surface area (Å²) in [5, 5.41) is 1.07. The second kappa shape index (κ2) is 3.83. The molecule has 0 aliphatic carbocycles. The Morgan fingerprint density at radius 3 is 2.75 bits per heavy atom. The summed E-state index contributed by atoms with van der Waals surface area (Å²) in [6.45, 7) is 6.09. The van der Waals surface area contributed by atoms with Crippen LogP contribution in [-0.2, 0) is 0 Å². The molecule has 66 valence electrons. The van der Waals surface area contributed by atoms with Crippen LogP contribution in [0.2, 0.25) is 0 Å². The Hall–Kier alpha value is -0.670. The van der Waals surface area contributed by atoms with Gasteiger partial charge in [-0.2, -0.15) is 0 Å². The Morgan fingerprint density at radius 1 is 1.67 bits per heavy atom. The SMILES string of the molecule is CC(C)=CC(N)c1cnc(C)s1. The Balaban J connectivity index is 2.78. The van der Waals surface area contributed by atoms with E-state index in [0.29, 0.717) is 0 Å². The van der Waals surface area contributed by atoms with E-state index < -0.39 is 0 Å². The zero-order valence-electron chi connectivity index (χ0n) is 7.66. The summed E-state index contributed by atoms with van der Waals surface area (Å²) in [4.78, 5) is 5.29. The number of aryl methyl sites for hydroxylation is 1. The molecule has 0 aliphatic rings. The van der Waals surface area contributed by atoms with Gasteiger partial charge < -0.3 is 5.73 Å². The molecule has 0 aromatic carbocycles. The van der Waals surface area contributed by atoms with Crippen molar-refractivity contribution < 1.29 is 0 Å². The van der Waals surface area contributed by atoms with Gasteiger partial charge in [-0.15, -0.1) is 11.3 Å². The number of hydrogen-bond donors (Lipinski definition) is 1. The minimum absolute atomic E-state index is 0.0150. The molecule has 1 aromatic rings. The van der Waals surface area contributed by atoms with Crippen LogP contribution in [0, 0.1) is 6.92 Å². The smallest absolute Gasteiger partial charge is 0.0897 e. The van der Waals surface area contributed by atoms with E-state index in [2.05, 4.69) is 4.98 Å². The molecule has 0 saturated heterocycles. The summed E-state index contributed by atoms with van der Waals surface area (Å²) in [5.41, 5.74) is 7.15. The van der Waals surface area contributed by atoms with E-state index >= 15 is 0 Å². The van der Waals surface area contributed by atoms with Gasteiger partial charge in [0.15, 0.2) is 0 Å². The Labute approximate surface area is 77.1 Å². The average molecular weight is 182 g/mol. The molecule has 1 aromatic heterocycles. The van der Waals surface area contributed by atoms with Gasteiger partial charge >= 0.3 is 0 Å². The van der Waals surface area contributed by atoms with Crippen LogP contribution in [0.25, 0.3) is 0 Å². The van der Waals surface area contributed by atoms with Crippen LogP contribution < -0.4 is 5.73 Å². The van der Waals surface area contributed by atoms with Crippen LogP contribution in [0.5, 0.6) is 0 Å². The highest BCUT2D eigenvalue weighted by Gasteiger charge is 2.04. The van der Waals surface area contributed by atoms with Crippen LogP contribution in [0.1, 0.15) is 29.8 Å². The first-order valence-electron chi connectivity index (χ1n) is 3.92. The third-order valence-electron chi connectivity index (χ3n) is 1.48. The van der Waals surface area contributed by atoms with Crippen molar-refractivity contribution in [1.82, 2.24) is 4.98 Å².